The van der Waals surface area contributed by atoms with Gasteiger partial charge >= 0.3 is 0 Å². The summed E-state index contributed by atoms with van der Waals surface area (Å²) in [4.78, 5) is 46.1. The number of anilines is 1. The fraction of sp³-hybridized carbons (Fsp3) is 0.444. The number of imide groups is 1. The van der Waals surface area contributed by atoms with E-state index >= 15 is 4.39 Å². The average Bonchev–Trinajstić information content (AvgIpc) is 3.53. The first-order valence-electron chi connectivity index (χ1n) is 20.2. The van der Waals surface area contributed by atoms with E-state index in [1.54, 1.807) is 11.0 Å². The number of nitrogens with zero attached hydrogens (tertiary/aromatic N) is 4. The van der Waals surface area contributed by atoms with Gasteiger partial charge in [-0.3, -0.25) is 24.6 Å². The van der Waals surface area contributed by atoms with Crippen LogP contribution in [0.4, 0.5) is 10.1 Å². The maximum Gasteiger partial charge on any atom is 0.255 e. The Bertz CT molecular complexity index is 2030. The Morgan fingerprint density at radius 1 is 0.800 bits per heavy atom. The largest absolute Gasteiger partial charge is 0.508 e. The maximum absolute atomic E-state index is 16.1. The van der Waals surface area contributed by atoms with E-state index in [1.165, 1.54) is 16.7 Å². The number of likely N-dealkylation sites (tertiary alicyclic amines) is 1. The van der Waals surface area contributed by atoms with E-state index in [4.69, 9.17) is 0 Å². The lowest BCUT2D eigenvalue weighted by Crippen LogP contribution is -2.52. The summed E-state index contributed by atoms with van der Waals surface area (Å²) < 4.78 is 16.1. The molecule has 0 spiro atoms. The summed E-state index contributed by atoms with van der Waals surface area (Å²) in [6.45, 7) is 6.92. The summed E-state index contributed by atoms with van der Waals surface area (Å²) in [6, 6.07) is 21.8. The summed E-state index contributed by atoms with van der Waals surface area (Å²) in [5.74, 6) is 0.498. The third kappa shape index (κ3) is 7.05. The van der Waals surface area contributed by atoms with Gasteiger partial charge in [0.15, 0.2) is 0 Å². The van der Waals surface area contributed by atoms with Crippen LogP contribution in [0, 0.1) is 11.8 Å². The van der Waals surface area contributed by atoms with Gasteiger partial charge in [0.25, 0.3) is 5.91 Å². The Hall–Kier alpha value is -4.96. The summed E-state index contributed by atoms with van der Waals surface area (Å²) in [6.07, 6.45) is 9.47. The third-order valence-electron chi connectivity index (χ3n) is 13.2. The number of benzene rings is 3. The number of hydrogen-bond donors (Lipinski definition) is 2. The molecule has 286 valence electrons. The molecule has 2 unspecified atom stereocenters. The molecule has 10 heteroatoms. The van der Waals surface area contributed by atoms with E-state index in [1.807, 2.05) is 24.3 Å². The Morgan fingerprint density at radius 3 is 2.36 bits per heavy atom. The smallest absolute Gasteiger partial charge is 0.255 e. The molecule has 4 heterocycles. The molecule has 0 aromatic heterocycles. The second-order valence-corrected chi connectivity index (χ2v) is 16.4. The second-order valence-electron chi connectivity index (χ2n) is 16.4. The van der Waals surface area contributed by atoms with Crippen LogP contribution in [-0.2, 0) is 22.6 Å². The minimum atomic E-state index is -0.602. The van der Waals surface area contributed by atoms with Crippen LogP contribution in [0.5, 0.6) is 5.75 Å². The van der Waals surface area contributed by atoms with Crippen molar-refractivity contribution < 1.29 is 23.9 Å². The number of amides is 3. The molecule has 6 aliphatic rings. The highest BCUT2D eigenvalue weighted by atomic mass is 19.1. The normalized spacial score (nSPS) is 26.3. The number of hydrogen-bond acceptors (Lipinski definition) is 7. The van der Waals surface area contributed by atoms with Gasteiger partial charge in [-0.2, -0.15) is 0 Å². The van der Waals surface area contributed by atoms with E-state index in [0.29, 0.717) is 36.1 Å². The zero-order valence-corrected chi connectivity index (χ0v) is 31.3. The minimum absolute atomic E-state index is 0.0561. The van der Waals surface area contributed by atoms with Crippen LogP contribution in [0.1, 0.15) is 83.0 Å². The minimum Gasteiger partial charge on any atom is -0.508 e. The Morgan fingerprint density at radius 2 is 1.60 bits per heavy atom. The molecule has 4 atom stereocenters. The molecule has 0 radical (unpaired) electrons. The number of aromatic hydroxyl groups is 1. The number of nitrogens with one attached hydrogen (secondary N) is 1. The van der Waals surface area contributed by atoms with Crippen LogP contribution in [-0.4, -0.2) is 89.4 Å². The number of carbonyl (C=O) groups is 3. The predicted octanol–water partition coefficient (Wildman–Crippen LogP) is 6.26. The number of phenols is 1. The first-order chi connectivity index (χ1) is 26.8. The van der Waals surface area contributed by atoms with Crippen molar-refractivity contribution in [1.29, 1.82) is 0 Å². The lowest BCUT2D eigenvalue weighted by atomic mass is 9.65. The van der Waals surface area contributed by atoms with E-state index < -0.39 is 6.04 Å². The highest BCUT2D eigenvalue weighted by Crippen LogP contribution is 2.50. The molecule has 3 aromatic rings. The fourth-order valence-electron chi connectivity index (χ4n) is 10.3. The lowest BCUT2D eigenvalue weighted by Gasteiger charge is -2.42. The molecular formula is C45H50FN5O4. The van der Waals surface area contributed by atoms with E-state index in [2.05, 4.69) is 68.6 Å². The Kier molecular flexibility index (Phi) is 9.70. The first-order valence-corrected chi connectivity index (χ1v) is 20.2. The average molecular weight is 744 g/mol. The van der Waals surface area contributed by atoms with E-state index in [-0.39, 0.29) is 41.8 Å². The maximum atomic E-state index is 16.1. The molecule has 0 saturated carbocycles. The summed E-state index contributed by atoms with van der Waals surface area (Å²) >= 11 is 0. The zero-order chi connectivity index (χ0) is 37.6. The van der Waals surface area contributed by atoms with E-state index in [9.17, 15) is 19.5 Å². The molecule has 3 amide bonds. The first kappa shape index (κ1) is 35.7. The second kappa shape index (κ2) is 14.9. The van der Waals surface area contributed by atoms with Crippen molar-refractivity contribution in [2.24, 2.45) is 11.8 Å². The van der Waals surface area contributed by atoms with Gasteiger partial charge in [0.05, 0.1) is 5.70 Å². The van der Waals surface area contributed by atoms with Crippen LogP contribution in [0.3, 0.4) is 0 Å². The number of piperazine rings is 1. The van der Waals surface area contributed by atoms with Gasteiger partial charge in [0.2, 0.25) is 11.8 Å². The number of carbonyl (C=O) groups excluding carboxylic acids is 3. The monoisotopic (exact) mass is 743 g/mol. The molecule has 3 fully saturated rings. The van der Waals surface area contributed by atoms with Crippen molar-refractivity contribution in [2.75, 3.05) is 50.7 Å². The molecule has 2 aliphatic carbocycles. The number of piperidine rings is 2. The predicted molar refractivity (Wildman–Crippen MR) is 209 cm³/mol. The van der Waals surface area contributed by atoms with Crippen LogP contribution in [0.15, 0.2) is 90.4 Å². The molecule has 4 aliphatic heterocycles. The van der Waals surface area contributed by atoms with Crippen molar-refractivity contribution in [1.82, 2.24) is 20.0 Å². The van der Waals surface area contributed by atoms with Crippen molar-refractivity contribution in [3.05, 3.63) is 118 Å². The van der Waals surface area contributed by atoms with Gasteiger partial charge in [-0.25, -0.2) is 4.39 Å². The number of fused-ring (bicyclic) bond motifs is 2. The lowest BCUT2D eigenvalue weighted by molar-refractivity contribution is -0.136. The molecule has 0 bridgehead atoms. The molecular weight excluding hydrogens is 694 g/mol. The Labute approximate surface area is 322 Å². The number of allylic oxidation sites excluding steroid dienone is 3. The highest BCUT2D eigenvalue weighted by molar-refractivity contribution is 6.05. The Balaban J connectivity index is 0.775. The van der Waals surface area contributed by atoms with Crippen molar-refractivity contribution in [2.45, 2.75) is 69.4 Å². The summed E-state index contributed by atoms with van der Waals surface area (Å²) in [7, 11) is 0. The van der Waals surface area contributed by atoms with Crippen molar-refractivity contribution >= 4 is 23.4 Å². The zero-order valence-electron chi connectivity index (χ0n) is 31.3. The van der Waals surface area contributed by atoms with Gasteiger partial charge in [0.1, 0.15) is 17.6 Å². The summed E-state index contributed by atoms with van der Waals surface area (Å²) in [5.41, 5.74) is 7.18. The molecule has 3 aromatic carbocycles. The number of rotatable bonds is 7. The number of aryl methyl sites for hydroxylation is 1. The van der Waals surface area contributed by atoms with Gasteiger partial charge in [-0.1, -0.05) is 42.5 Å². The standard InChI is InChI=1S/C45H50FN5O4/c46-39-26-32(43-36(30-4-2-1-3-5-30)10-6-31-25-35(52)9-12-37(31)43)7-13-40(39)50-18-16-29(17-19-50)27-48-20-22-49(23-21-48)34-8-11-38-33(24-34)28-51(45(38)55)41-14-15-42(53)47-44(41)54/h1-5,8-9,11-13,24-26,29,32,36,41,43,52H,6-7,10,14-23,27-28H2,(H,47,53,54)/t32?,36-,41?,43+/m1/s1. The molecule has 9 nitrogen and oxygen atoms in total. The third-order valence-corrected chi connectivity index (χ3v) is 13.2. The topological polar surface area (TPSA) is 96.4 Å². The van der Waals surface area contributed by atoms with Gasteiger partial charge < -0.3 is 19.8 Å². The van der Waals surface area contributed by atoms with Crippen molar-refractivity contribution in [3.8, 4) is 5.75 Å². The molecule has 2 N–H and O–H groups in total. The van der Waals surface area contributed by atoms with Crippen LogP contribution in [0.25, 0.3) is 0 Å². The van der Waals surface area contributed by atoms with Crippen molar-refractivity contribution in [3.63, 3.8) is 0 Å². The quantitative estimate of drug-likeness (QED) is 0.276. The molecule has 3 saturated heterocycles. The fourth-order valence-corrected chi connectivity index (χ4v) is 10.3. The highest BCUT2D eigenvalue weighted by Gasteiger charge is 2.40. The van der Waals surface area contributed by atoms with Gasteiger partial charge in [-0.15, -0.1) is 0 Å². The van der Waals surface area contributed by atoms with Crippen LogP contribution in [0.2, 0.25) is 0 Å². The SMILES string of the molecule is O=C1CCC(N2Cc3cc(N4CCN(CC5CCN(C6=CCC([C@@H]7c8ccc(O)cc8CC[C@@H]7c7ccccc7)C=C6F)CC5)CC4)ccc3C2=O)C(=O)N1. The van der Waals surface area contributed by atoms with Gasteiger partial charge in [0, 0.05) is 70.0 Å². The molecule has 9 rings (SSSR count). The van der Waals surface area contributed by atoms with Crippen LogP contribution < -0.4 is 10.2 Å². The number of halogens is 1. The summed E-state index contributed by atoms with van der Waals surface area (Å²) in [5, 5.41) is 12.6. The number of phenolic OH excluding ortho intramolecular Hbond substituents is 1. The molecule has 55 heavy (non-hydrogen) atoms. The van der Waals surface area contributed by atoms with Gasteiger partial charge in [-0.05, 0) is 121 Å². The van der Waals surface area contributed by atoms with Crippen LogP contribution >= 0.6 is 0 Å². The van der Waals surface area contributed by atoms with E-state index in [0.717, 1.165) is 94.9 Å².